The molecule has 1 amide bonds. The Hall–Kier alpha value is -2.97. The second-order valence-corrected chi connectivity index (χ2v) is 8.52. The molecule has 32 heavy (non-hydrogen) atoms. The van der Waals surface area contributed by atoms with Gasteiger partial charge in [0.2, 0.25) is 5.91 Å². The lowest BCUT2D eigenvalue weighted by molar-refractivity contribution is -0.113. The zero-order valence-corrected chi connectivity index (χ0v) is 19.3. The van der Waals surface area contributed by atoms with Gasteiger partial charge in [0.1, 0.15) is 0 Å². The van der Waals surface area contributed by atoms with Crippen LogP contribution < -0.4 is 10.9 Å². The second-order valence-electron chi connectivity index (χ2n) is 7.58. The molecule has 0 aliphatic carbocycles. The fraction of sp³-hybridized carbons (Fsp3) is 0.333. The quantitative estimate of drug-likeness (QED) is 0.215. The summed E-state index contributed by atoms with van der Waals surface area (Å²) < 4.78 is 7.20. The predicted molar refractivity (Wildman–Crippen MR) is 128 cm³/mol. The van der Waals surface area contributed by atoms with Crippen LogP contribution in [0.25, 0.3) is 10.9 Å². The van der Waals surface area contributed by atoms with Gasteiger partial charge in [0.05, 0.1) is 28.4 Å². The maximum Gasteiger partial charge on any atom is 0.262 e. The van der Waals surface area contributed by atoms with Gasteiger partial charge in [-0.15, -0.1) is 0 Å². The van der Waals surface area contributed by atoms with Crippen LogP contribution in [0.5, 0.6) is 0 Å². The number of rotatable bonds is 10. The Morgan fingerprint density at radius 1 is 1.12 bits per heavy atom. The largest absolute Gasteiger partial charge is 0.379 e. The van der Waals surface area contributed by atoms with Crippen molar-refractivity contribution in [3.8, 4) is 0 Å². The molecule has 3 rings (SSSR count). The molecule has 0 aliphatic heterocycles. The monoisotopic (exact) mass is 453 g/mol. The Bertz CT molecular complexity index is 1170. The molecule has 1 heterocycles. The van der Waals surface area contributed by atoms with Gasteiger partial charge in [0.25, 0.3) is 5.56 Å². The normalized spacial score (nSPS) is 11.1. The van der Waals surface area contributed by atoms with E-state index in [2.05, 4.69) is 10.3 Å². The summed E-state index contributed by atoms with van der Waals surface area (Å²) in [6.45, 7) is 6.37. The highest BCUT2D eigenvalue weighted by molar-refractivity contribution is 7.99. The number of nitrogens with one attached hydrogen (secondary N) is 1. The lowest BCUT2D eigenvalue weighted by atomic mass is 10.1. The smallest absolute Gasteiger partial charge is 0.262 e. The standard InChI is InChI=1S/C24H27N3O4S/c1-16(2)31-14-8-13-27-23(30)19-10-5-7-12-21(19)26-24(27)32-15-22(29)25-20-11-6-4-9-18(20)17(3)28/h4-7,9-12,16H,8,13-15H2,1-3H3,(H,25,29). The highest BCUT2D eigenvalue weighted by atomic mass is 32.2. The number of thioether (sulfide) groups is 1. The zero-order chi connectivity index (χ0) is 23.1. The lowest BCUT2D eigenvalue weighted by Crippen LogP contribution is -2.25. The van der Waals surface area contributed by atoms with E-state index in [1.807, 2.05) is 26.0 Å². The van der Waals surface area contributed by atoms with E-state index in [9.17, 15) is 14.4 Å². The van der Waals surface area contributed by atoms with Gasteiger partial charge in [-0.2, -0.15) is 0 Å². The van der Waals surface area contributed by atoms with E-state index in [0.717, 1.165) is 0 Å². The number of carbonyl (C=O) groups is 2. The summed E-state index contributed by atoms with van der Waals surface area (Å²) >= 11 is 1.20. The van der Waals surface area contributed by atoms with E-state index >= 15 is 0 Å². The number of hydrogen-bond acceptors (Lipinski definition) is 6. The number of carbonyl (C=O) groups excluding carboxylic acids is 2. The average molecular weight is 454 g/mol. The van der Waals surface area contributed by atoms with Crippen molar-refractivity contribution >= 4 is 40.0 Å². The number of aromatic nitrogens is 2. The molecule has 0 unspecified atom stereocenters. The lowest BCUT2D eigenvalue weighted by Gasteiger charge is -2.14. The molecule has 0 aliphatic rings. The molecule has 2 aromatic carbocycles. The summed E-state index contributed by atoms with van der Waals surface area (Å²) in [5.41, 5.74) is 1.39. The topological polar surface area (TPSA) is 90.3 Å². The van der Waals surface area contributed by atoms with Crippen molar-refractivity contribution in [2.24, 2.45) is 0 Å². The number of anilines is 1. The Balaban J connectivity index is 1.78. The van der Waals surface area contributed by atoms with Crippen LogP contribution in [0, 0.1) is 0 Å². The molecule has 0 spiro atoms. The third-order valence-electron chi connectivity index (χ3n) is 4.72. The highest BCUT2D eigenvalue weighted by Gasteiger charge is 2.15. The van der Waals surface area contributed by atoms with Crippen LogP contribution in [-0.2, 0) is 16.1 Å². The van der Waals surface area contributed by atoms with Crippen molar-refractivity contribution in [2.45, 2.75) is 45.0 Å². The van der Waals surface area contributed by atoms with Crippen molar-refractivity contribution < 1.29 is 14.3 Å². The van der Waals surface area contributed by atoms with Crippen molar-refractivity contribution in [2.75, 3.05) is 17.7 Å². The number of amides is 1. The Morgan fingerprint density at radius 2 is 1.84 bits per heavy atom. The van der Waals surface area contributed by atoms with Gasteiger partial charge >= 0.3 is 0 Å². The summed E-state index contributed by atoms with van der Waals surface area (Å²) in [5.74, 6) is -0.345. The Labute approximate surface area is 191 Å². The van der Waals surface area contributed by atoms with Gasteiger partial charge in [0, 0.05) is 18.7 Å². The summed E-state index contributed by atoms with van der Waals surface area (Å²) in [6.07, 6.45) is 0.779. The SMILES string of the molecule is CC(=O)c1ccccc1NC(=O)CSc1nc2ccccc2c(=O)n1CCCOC(C)C. The number of ether oxygens (including phenoxy) is 1. The molecule has 3 aromatic rings. The van der Waals surface area contributed by atoms with Gasteiger partial charge in [-0.05, 0) is 51.5 Å². The van der Waals surface area contributed by atoms with Crippen LogP contribution in [0.4, 0.5) is 5.69 Å². The van der Waals surface area contributed by atoms with Crippen LogP contribution in [0.1, 0.15) is 37.6 Å². The average Bonchev–Trinajstić information content (AvgIpc) is 2.76. The van der Waals surface area contributed by atoms with Gasteiger partial charge in [-0.25, -0.2) is 4.98 Å². The first-order valence-electron chi connectivity index (χ1n) is 10.5. The molecule has 0 radical (unpaired) electrons. The zero-order valence-electron chi connectivity index (χ0n) is 18.5. The van der Waals surface area contributed by atoms with Gasteiger partial charge in [0.15, 0.2) is 10.9 Å². The van der Waals surface area contributed by atoms with Crippen molar-refractivity contribution in [1.82, 2.24) is 9.55 Å². The number of ketones is 1. The van der Waals surface area contributed by atoms with Gasteiger partial charge < -0.3 is 10.1 Å². The molecule has 1 N–H and O–H groups in total. The number of benzene rings is 2. The van der Waals surface area contributed by atoms with Gasteiger partial charge in [-0.3, -0.25) is 19.0 Å². The molecule has 0 fully saturated rings. The van der Waals surface area contributed by atoms with Crippen molar-refractivity contribution in [3.05, 3.63) is 64.4 Å². The third-order valence-corrected chi connectivity index (χ3v) is 5.69. The van der Waals surface area contributed by atoms with Crippen molar-refractivity contribution in [3.63, 3.8) is 0 Å². The minimum atomic E-state index is -0.277. The summed E-state index contributed by atoms with van der Waals surface area (Å²) in [7, 11) is 0. The molecule has 0 saturated heterocycles. The maximum absolute atomic E-state index is 13.1. The molecule has 0 atom stereocenters. The number of Topliss-reactive ketones (excluding diaryl/α,β-unsaturated/α-hetero) is 1. The first-order valence-corrected chi connectivity index (χ1v) is 11.5. The summed E-state index contributed by atoms with van der Waals surface area (Å²) in [4.78, 5) is 42.1. The van der Waals surface area contributed by atoms with Crippen molar-refractivity contribution in [1.29, 1.82) is 0 Å². The summed E-state index contributed by atoms with van der Waals surface area (Å²) in [5, 5.41) is 3.81. The second kappa shape index (κ2) is 11.1. The molecule has 8 heteroatoms. The molecule has 7 nitrogen and oxygen atoms in total. The number of hydrogen-bond donors (Lipinski definition) is 1. The number of fused-ring (bicyclic) bond motifs is 1. The summed E-state index contributed by atoms with van der Waals surface area (Å²) in [6, 6.07) is 14.1. The van der Waals surface area contributed by atoms with Crippen LogP contribution in [0.3, 0.4) is 0 Å². The van der Waals surface area contributed by atoms with Crippen LogP contribution in [-0.4, -0.2) is 39.7 Å². The molecule has 0 saturated carbocycles. The van der Waals surface area contributed by atoms with Crippen LogP contribution in [0.15, 0.2) is 58.5 Å². The van der Waals surface area contributed by atoms with Crippen LogP contribution >= 0.6 is 11.8 Å². The van der Waals surface area contributed by atoms with E-state index in [0.29, 0.717) is 46.9 Å². The van der Waals surface area contributed by atoms with E-state index < -0.39 is 0 Å². The molecular formula is C24H27N3O4S. The molecule has 0 bridgehead atoms. The Morgan fingerprint density at radius 3 is 2.59 bits per heavy atom. The minimum absolute atomic E-state index is 0.0551. The van der Waals surface area contributed by atoms with Crippen LogP contribution in [0.2, 0.25) is 0 Å². The number of para-hydroxylation sites is 2. The number of nitrogens with zero attached hydrogens (tertiary/aromatic N) is 2. The highest BCUT2D eigenvalue weighted by Crippen LogP contribution is 2.20. The van der Waals surface area contributed by atoms with E-state index in [4.69, 9.17) is 4.74 Å². The molecule has 1 aromatic heterocycles. The van der Waals surface area contributed by atoms with Gasteiger partial charge in [-0.1, -0.05) is 36.0 Å². The first-order chi connectivity index (χ1) is 15.4. The predicted octanol–water partition coefficient (Wildman–Crippen LogP) is 4.15. The van der Waals surface area contributed by atoms with E-state index in [1.165, 1.54) is 18.7 Å². The third kappa shape index (κ3) is 6.05. The fourth-order valence-electron chi connectivity index (χ4n) is 3.21. The van der Waals surface area contributed by atoms with E-state index in [-0.39, 0.29) is 29.1 Å². The molecule has 168 valence electrons. The minimum Gasteiger partial charge on any atom is -0.379 e. The molecular weight excluding hydrogens is 426 g/mol. The van der Waals surface area contributed by atoms with E-state index in [1.54, 1.807) is 41.0 Å². The Kier molecular flexibility index (Phi) is 8.19. The first kappa shape index (κ1) is 23.7. The maximum atomic E-state index is 13.1. The fourth-order valence-corrected chi connectivity index (χ4v) is 4.04.